The number of likely N-dealkylation sites (tertiary alicyclic amines) is 1. The second-order valence-electron chi connectivity index (χ2n) is 6.46. The molecule has 2 unspecified atom stereocenters. The van der Waals surface area contributed by atoms with Crippen LogP contribution in [0.15, 0.2) is 0 Å². The number of carbonyl (C=O) groups excluding carboxylic acids is 2. The lowest BCUT2D eigenvalue weighted by molar-refractivity contribution is -0.145. The zero-order valence-corrected chi connectivity index (χ0v) is 12.3. The summed E-state index contributed by atoms with van der Waals surface area (Å²) in [5.41, 5.74) is 0.117. The zero-order chi connectivity index (χ0) is 14.3. The summed E-state index contributed by atoms with van der Waals surface area (Å²) in [6, 6.07) is 0. The predicted molar refractivity (Wildman–Crippen MR) is 71.9 cm³/mol. The molecule has 5 heteroatoms. The minimum atomic E-state index is -0.250. The third-order valence-electron chi connectivity index (χ3n) is 5.29. The fourth-order valence-corrected chi connectivity index (χ4v) is 3.62. The highest BCUT2D eigenvalue weighted by molar-refractivity contribution is 5.82. The fraction of sp³-hybridized carbons (Fsp3) is 0.867. The molecule has 1 saturated heterocycles. The van der Waals surface area contributed by atoms with E-state index in [1.165, 1.54) is 7.11 Å². The number of hydrogen-bond donors (Lipinski definition) is 0. The molecule has 2 saturated carbocycles. The van der Waals surface area contributed by atoms with Gasteiger partial charge in [-0.05, 0) is 43.4 Å². The van der Waals surface area contributed by atoms with Gasteiger partial charge in [-0.15, -0.1) is 0 Å². The summed E-state index contributed by atoms with van der Waals surface area (Å²) in [5.74, 6) is 0.538. The molecule has 2 atom stereocenters. The predicted octanol–water partition coefficient (Wildman–Crippen LogP) is 1.21. The van der Waals surface area contributed by atoms with Crippen LogP contribution in [-0.2, 0) is 19.1 Å². The third-order valence-corrected chi connectivity index (χ3v) is 5.29. The van der Waals surface area contributed by atoms with E-state index in [1.807, 2.05) is 4.90 Å². The molecule has 1 spiro atoms. The van der Waals surface area contributed by atoms with Crippen LogP contribution in [0.4, 0.5) is 0 Å². The van der Waals surface area contributed by atoms with E-state index >= 15 is 0 Å². The quantitative estimate of drug-likeness (QED) is 0.727. The Morgan fingerprint density at radius 2 is 1.85 bits per heavy atom. The van der Waals surface area contributed by atoms with Gasteiger partial charge in [0, 0.05) is 20.2 Å². The fourth-order valence-electron chi connectivity index (χ4n) is 3.62. The maximum Gasteiger partial charge on any atom is 0.309 e. The Kier molecular flexibility index (Phi) is 3.48. The Hall–Kier alpha value is -1.10. The average molecular weight is 281 g/mol. The van der Waals surface area contributed by atoms with Gasteiger partial charge in [-0.2, -0.15) is 0 Å². The summed E-state index contributed by atoms with van der Waals surface area (Å²) < 4.78 is 10.2. The lowest BCUT2D eigenvalue weighted by atomic mass is 9.90. The van der Waals surface area contributed by atoms with E-state index in [0.717, 1.165) is 45.2 Å². The number of methoxy groups -OCH3 is 2. The van der Waals surface area contributed by atoms with E-state index in [4.69, 9.17) is 9.47 Å². The van der Waals surface area contributed by atoms with Crippen LogP contribution in [0, 0.1) is 17.3 Å². The molecule has 1 aliphatic heterocycles. The van der Waals surface area contributed by atoms with Crippen molar-refractivity contribution in [1.82, 2.24) is 4.90 Å². The molecule has 1 amide bonds. The van der Waals surface area contributed by atoms with Gasteiger partial charge in [-0.3, -0.25) is 9.59 Å². The standard InChI is InChI=1S/C15H23NO4/c1-19-12(10-3-4-10)13(17)16-7-5-15(6-8-16)9-11(15)14(18)20-2/h10-12H,3-9H2,1-2H3. The van der Waals surface area contributed by atoms with Gasteiger partial charge in [-0.25, -0.2) is 0 Å². The normalized spacial score (nSPS) is 29.1. The van der Waals surface area contributed by atoms with Crippen molar-refractivity contribution >= 4 is 11.9 Å². The maximum atomic E-state index is 12.4. The lowest BCUT2D eigenvalue weighted by Gasteiger charge is -2.34. The Morgan fingerprint density at radius 3 is 2.35 bits per heavy atom. The number of esters is 1. The van der Waals surface area contributed by atoms with E-state index < -0.39 is 0 Å². The number of ether oxygens (including phenoxy) is 2. The SMILES string of the molecule is COC(=O)C1CC12CCN(C(=O)C(OC)C1CC1)CC2. The first-order valence-electron chi connectivity index (χ1n) is 7.51. The molecular formula is C15H23NO4. The molecular weight excluding hydrogens is 258 g/mol. The largest absolute Gasteiger partial charge is 0.469 e. The topological polar surface area (TPSA) is 55.8 Å². The van der Waals surface area contributed by atoms with Gasteiger partial charge >= 0.3 is 5.97 Å². The van der Waals surface area contributed by atoms with Crippen molar-refractivity contribution in [2.24, 2.45) is 17.3 Å². The molecule has 0 aromatic carbocycles. The van der Waals surface area contributed by atoms with Crippen molar-refractivity contribution in [1.29, 1.82) is 0 Å². The second-order valence-corrected chi connectivity index (χ2v) is 6.46. The maximum absolute atomic E-state index is 12.4. The lowest BCUT2D eigenvalue weighted by Crippen LogP contribution is -2.46. The highest BCUT2D eigenvalue weighted by Gasteiger charge is 2.59. The number of rotatable bonds is 4. The van der Waals surface area contributed by atoms with Crippen LogP contribution >= 0.6 is 0 Å². The summed E-state index contributed by atoms with van der Waals surface area (Å²) in [6.45, 7) is 1.50. The van der Waals surface area contributed by atoms with E-state index in [2.05, 4.69) is 0 Å². The molecule has 0 N–H and O–H groups in total. The molecule has 3 rings (SSSR count). The number of amides is 1. The van der Waals surface area contributed by atoms with Crippen molar-refractivity contribution in [3.8, 4) is 0 Å². The van der Waals surface area contributed by atoms with Crippen LogP contribution in [0.2, 0.25) is 0 Å². The first-order valence-corrected chi connectivity index (χ1v) is 7.51. The molecule has 1 heterocycles. The number of carbonyl (C=O) groups is 2. The Morgan fingerprint density at radius 1 is 1.20 bits per heavy atom. The minimum absolute atomic E-state index is 0.0615. The van der Waals surface area contributed by atoms with E-state index in [9.17, 15) is 9.59 Å². The molecule has 0 aromatic rings. The molecule has 112 valence electrons. The van der Waals surface area contributed by atoms with Crippen molar-refractivity contribution < 1.29 is 19.1 Å². The highest BCUT2D eigenvalue weighted by atomic mass is 16.5. The van der Waals surface area contributed by atoms with Crippen molar-refractivity contribution in [2.45, 2.75) is 38.2 Å². The monoisotopic (exact) mass is 281 g/mol. The zero-order valence-electron chi connectivity index (χ0n) is 12.3. The summed E-state index contributed by atoms with van der Waals surface area (Å²) in [5, 5.41) is 0. The first kappa shape index (κ1) is 13.9. The highest BCUT2D eigenvalue weighted by Crippen LogP contribution is 2.59. The number of piperidine rings is 1. The number of nitrogens with zero attached hydrogens (tertiary/aromatic N) is 1. The smallest absolute Gasteiger partial charge is 0.309 e. The summed E-state index contributed by atoms with van der Waals surface area (Å²) >= 11 is 0. The van der Waals surface area contributed by atoms with Gasteiger partial charge in [0.2, 0.25) is 0 Å². The van der Waals surface area contributed by atoms with Crippen LogP contribution in [0.1, 0.15) is 32.1 Å². The van der Waals surface area contributed by atoms with Gasteiger partial charge in [0.05, 0.1) is 13.0 Å². The van der Waals surface area contributed by atoms with E-state index in [1.54, 1.807) is 7.11 Å². The molecule has 0 aromatic heterocycles. The number of hydrogen-bond acceptors (Lipinski definition) is 4. The van der Waals surface area contributed by atoms with Crippen LogP contribution in [0.5, 0.6) is 0 Å². The van der Waals surface area contributed by atoms with Gasteiger partial charge < -0.3 is 14.4 Å². The minimum Gasteiger partial charge on any atom is -0.469 e. The van der Waals surface area contributed by atoms with Gasteiger partial charge in [-0.1, -0.05) is 0 Å². The Labute approximate surface area is 119 Å². The van der Waals surface area contributed by atoms with Crippen molar-refractivity contribution in [3.63, 3.8) is 0 Å². The average Bonchev–Trinajstić information content (AvgIpc) is 3.37. The van der Waals surface area contributed by atoms with Crippen LogP contribution in [0.3, 0.4) is 0 Å². The molecule has 3 fully saturated rings. The third kappa shape index (κ3) is 2.32. The van der Waals surface area contributed by atoms with Gasteiger partial charge in [0.15, 0.2) is 0 Å². The van der Waals surface area contributed by atoms with Gasteiger partial charge in [0.25, 0.3) is 5.91 Å². The van der Waals surface area contributed by atoms with Crippen LogP contribution in [-0.4, -0.2) is 50.2 Å². The molecule has 2 aliphatic carbocycles. The van der Waals surface area contributed by atoms with Crippen LogP contribution < -0.4 is 0 Å². The van der Waals surface area contributed by atoms with E-state index in [0.29, 0.717) is 5.92 Å². The summed E-state index contributed by atoms with van der Waals surface area (Å²) in [6.07, 6.45) is 4.72. The summed E-state index contributed by atoms with van der Waals surface area (Å²) in [4.78, 5) is 25.9. The van der Waals surface area contributed by atoms with Crippen molar-refractivity contribution in [3.05, 3.63) is 0 Å². The summed E-state index contributed by atoms with van der Waals surface area (Å²) in [7, 11) is 3.08. The first-order chi connectivity index (χ1) is 9.61. The van der Waals surface area contributed by atoms with Crippen molar-refractivity contribution in [2.75, 3.05) is 27.3 Å². The Balaban J connectivity index is 1.54. The molecule has 0 radical (unpaired) electrons. The molecule has 0 bridgehead atoms. The van der Waals surface area contributed by atoms with Gasteiger partial charge in [0.1, 0.15) is 6.10 Å². The van der Waals surface area contributed by atoms with Crippen LogP contribution in [0.25, 0.3) is 0 Å². The molecule has 20 heavy (non-hydrogen) atoms. The second kappa shape index (κ2) is 5.02. The van der Waals surface area contributed by atoms with E-state index in [-0.39, 0.29) is 29.3 Å². The molecule has 3 aliphatic rings. The molecule has 5 nitrogen and oxygen atoms in total. The Bertz CT molecular complexity index is 410.